The molecule has 0 aromatic carbocycles. The minimum Gasteiger partial charge on any atom is -0.469 e. The van der Waals surface area contributed by atoms with Crippen LogP contribution in [0.2, 0.25) is 0 Å². The molecule has 0 fully saturated rings. The minimum atomic E-state index is -0.636. The lowest BCUT2D eigenvalue weighted by Crippen LogP contribution is -2.08. The van der Waals surface area contributed by atoms with Crippen LogP contribution in [0.3, 0.4) is 0 Å². The maximum absolute atomic E-state index is 13.2. The Morgan fingerprint density at radius 3 is 1.00 bits per heavy atom. The highest BCUT2D eigenvalue weighted by molar-refractivity contribution is 6.03. The van der Waals surface area contributed by atoms with Crippen LogP contribution in [0.5, 0.6) is 0 Å². The summed E-state index contributed by atoms with van der Waals surface area (Å²) in [4.78, 5) is 120. The monoisotopic (exact) mass is 950 g/mol. The minimum absolute atomic E-state index is 0.0235. The normalized spacial score (nSPS) is 12.0. The third-order valence-electron chi connectivity index (χ3n) is 11.6. The summed E-state index contributed by atoms with van der Waals surface area (Å²) in [6.07, 6.45) is -1.52. The van der Waals surface area contributed by atoms with Crippen LogP contribution < -0.4 is 0 Å². The number of allylic oxidation sites excluding steroid dienone is 2. The number of aryl methyl sites for hydroxylation is 2. The van der Waals surface area contributed by atoms with E-state index in [1.165, 1.54) is 56.9 Å². The molecule has 68 heavy (non-hydrogen) atoms. The van der Waals surface area contributed by atoms with Gasteiger partial charge in [0.2, 0.25) is 0 Å². The standard InChI is InChI=1S/C48H54N4O16/c1-61-41(53)13-9-25-29(17-45(57)65-5)37-22-34-27(11-15-43(55)63-3)31(19-47(59)67-7)39(51-34)24-36-28(12-16-44(56)64-4)32(20-48(60)68-8)40(52-36)23-35-26(10-14-42(54)62-2)30(18-46(58)66-6)38(50-35)21-33(25)49-37/h21-24,49-50H,9-20H2,1-8H3/i21+1,22+1,23+1,24+1,33+1,34+1,35+1,36+1. The number of rotatable bonds is 20. The molecule has 0 saturated carbocycles. The Labute approximate surface area is 390 Å². The molecule has 0 radical (unpaired) electrons. The second-order valence-electron chi connectivity index (χ2n) is 15.4. The number of nitrogens with one attached hydrogen (secondary N) is 2. The SMILES string of the molecule is COC(=O)CCC1=C(CC(=O)OC)c2[13cH][13c]3[nH]c([13cH][13c]4[nH]c([13cH][13c]5nc([13cH][13c]1n2)C(CC(=O)OC)=C5CCC(=O)OC)c(CC(=O)OC)c4CCC(=O)OC)c(CC(=O)OC)c3CCC(=O)OC. The molecule has 2 aliphatic heterocycles. The van der Waals surface area contributed by atoms with E-state index in [1.807, 2.05) is 0 Å². The summed E-state index contributed by atoms with van der Waals surface area (Å²) in [6.45, 7) is 0. The number of carbonyl (C=O) groups excluding carboxylic acids is 8. The van der Waals surface area contributed by atoms with Gasteiger partial charge in [0.05, 0.1) is 105 Å². The Morgan fingerprint density at radius 1 is 0.338 bits per heavy atom. The van der Waals surface area contributed by atoms with Gasteiger partial charge in [0.1, 0.15) is 0 Å². The van der Waals surface area contributed by atoms with Gasteiger partial charge in [-0.05, 0) is 94.5 Å². The second-order valence-corrected chi connectivity index (χ2v) is 15.4. The highest BCUT2D eigenvalue weighted by Crippen LogP contribution is 2.41. The summed E-state index contributed by atoms with van der Waals surface area (Å²) in [7, 11) is 9.91. The molecule has 0 unspecified atom stereocenters. The third kappa shape index (κ3) is 12.4. The van der Waals surface area contributed by atoms with E-state index in [9.17, 15) is 38.4 Å². The van der Waals surface area contributed by atoms with Crippen LogP contribution in [0.25, 0.3) is 44.4 Å². The average Bonchev–Trinajstić information content (AvgIpc) is 4.04. The third-order valence-corrected chi connectivity index (χ3v) is 11.6. The number of nitrogens with zero attached hydrogens (tertiary/aromatic N) is 2. The molecule has 0 saturated heterocycles. The van der Waals surface area contributed by atoms with Gasteiger partial charge in [0.25, 0.3) is 0 Å². The van der Waals surface area contributed by atoms with Crippen LogP contribution in [0.4, 0.5) is 0 Å². The zero-order valence-corrected chi connectivity index (χ0v) is 39.2. The van der Waals surface area contributed by atoms with Crippen molar-refractivity contribution in [2.45, 2.75) is 77.0 Å². The molecule has 0 spiro atoms. The Bertz CT molecular complexity index is 2740. The van der Waals surface area contributed by atoms with Gasteiger partial charge >= 0.3 is 47.8 Å². The van der Waals surface area contributed by atoms with Crippen molar-refractivity contribution in [1.82, 2.24) is 19.9 Å². The lowest BCUT2D eigenvalue weighted by atomic mass is 10.0. The zero-order chi connectivity index (χ0) is 49.7. The maximum Gasteiger partial charge on any atom is 0.310 e. The number of methoxy groups -OCH3 is 8. The van der Waals surface area contributed by atoms with Gasteiger partial charge in [-0.15, -0.1) is 0 Å². The first-order valence-electron chi connectivity index (χ1n) is 21.4. The van der Waals surface area contributed by atoms with Crippen molar-refractivity contribution >= 4 is 92.1 Å². The summed E-state index contributed by atoms with van der Waals surface area (Å²) >= 11 is 0. The molecule has 20 heteroatoms. The smallest absolute Gasteiger partial charge is 0.310 e. The van der Waals surface area contributed by atoms with Gasteiger partial charge in [-0.2, -0.15) is 0 Å². The number of hydrogen-bond donors (Lipinski definition) is 2. The summed E-state index contributed by atoms with van der Waals surface area (Å²) in [5, 5.41) is 0. The van der Waals surface area contributed by atoms with Crippen molar-refractivity contribution in [3.63, 3.8) is 0 Å². The van der Waals surface area contributed by atoms with Crippen molar-refractivity contribution in [2.75, 3.05) is 56.9 Å². The number of carbonyl (C=O) groups is 8. The van der Waals surface area contributed by atoms with Crippen LogP contribution in [-0.4, -0.2) is 125 Å². The number of hydrogen-bond acceptors (Lipinski definition) is 18. The van der Waals surface area contributed by atoms with E-state index < -0.39 is 47.8 Å². The Hall–Kier alpha value is -7.64. The molecule has 3 aromatic heterocycles. The fourth-order valence-corrected chi connectivity index (χ4v) is 8.02. The van der Waals surface area contributed by atoms with Crippen molar-refractivity contribution in [3.8, 4) is 0 Å². The molecule has 8 bridgehead atoms. The van der Waals surface area contributed by atoms with E-state index in [0.29, 0.717) is 66.6 Å². The van der Waals surface area contributed by atoms with Crippen molar-refractivity contribution in [1.29, 1.82) is 0 Å². The number of H-pyrrole nitrogens is 2. The van der Waals surface area contributed by atoms with E-state index in [-0.39, 0.29) is 99.8 Å². The summed E-state index contributed by atoms with van der Waals surface area (Å²) in [5.41, 5.74) is 5.90. The number of aromatic amines is 2. The molecule has 0 amide bonds. The molecule has 5 heterocycles. The van der Waals surface area contributed by atoms with Gasteiger partial charge in [0.15, 0.2) is 0 Å². The number of esters is 8. The first-order valence-corrected chi connectivity index (χ1v) is 21.4. The van der Waals surface area contributed by atoms with E-state index in [0.717, 1.165) is 0 Å². The Balaban J connectivity index is 2.11. The molecule has 362 valence electrons. The molecule has 3 aromatic rings. The number of fused-ring (bicyclic) bond motifs is 8. The van der Waals surface area contributed by atoms with Gasteiger partial charge in [-0.25, -0.2) is 9.97 Å². The number of aromatic nitrogens is 4. The fraction of sp³-hybridized carbons (Fsp3) is 0.417. The first-order chi connectivity index (χ1) is 32.6. The van der Waals surface area contributed by atoms with Crippen molar-refractivity contribution in [3.05, 3.63) is 69.3 Å². The van der Waals surface area contributed by atoms with Crippen LogP contribution in [0.15, 0.2) is 24.3 Å². The quantitative estimate of drug-likeness (QED) is 0.114. The molecule has 0 aliphatic carbocycles. The predicted octanol–water partition coefficient (Wildman–Crippen LogP) is 4.81. The fourth-order valence-electron chi connectivity index (χ4n) is 8.02. The average molecular weight is 951 g/mol. The van der Waals surface area contributed by atoms with Crippen LogP contribution in [0, 0.1) is 0 Å². The van der Waals surface area contributed by atoms with Gasteiger partial charge < -0.3 is 47.9 Å². The molecular formula is C48H54N4O16. The van der Waals surface area contributed by atoms with Crippen molar-refractivity contribution in [2.24, 2.45) is 0 Å². The topological polar surface area (TPSA) is 268 Å². The van der Waals surface area contributed by atoms with E-state index >= 15 is 0 Å². The maximum atomic E-state index is 13.2. The predicted molar refractivity (Wildman–Crippen MR) is 243 cm³/mol. The van der Waals surface area contributed by atoms with Crippen molar-refractivity contribution < 1.29 is 76.3 Å². The van der Waals surface area contributed by atoms with E-state index in [2.05, 4.69) is 9.97 Å². The molecular weight excluding hydrogens is 896 g/mol. The molecule has 2 N–H and O–H groups in total. The summed E-state index contributed by atoms with van der Waals surface area (Å²) in [5.74, 6) is -4.68. The number of ether oxygens (including phenoxy) is 8. The zero-order valence-electron chi connectivity index (χ0n) is 39.2. The largest absolute Gasteiger partial charge is 0.469 e. The second kappa shape index (κ2) is 23.7. The van der Waals surface area contributed by atoms with Gasteiger partial charge in [-0.1, -0.05) is 0 Å². The Morgan fingerprint density at radius 2 is 0.618 bits per heavy atom. The molecule has 2 aliphatic rings. The van der Waals surface area contributed by atoms with E-state index in [1.54, 1.807) is 24.3 Å². The molecule has 0 atom stereocenters. The highest BCUT2D eigenvalue weighted by atomic mass is 16.5. The Kier molecular flexibility index (Phi) is 17.9. The highest BCUT2D eigenvalue weighted by Gasteiger charge is 2.29. The van der Waals surface area contributed by atoms with E-state index in [4.69, 9.17) is 47.9 Å². The lowest BCUT2D eigenvalue weighted by molar-refractivity contribution is -0.141. The first kappa shape index (κ1) is 51.3. The van der Waals surface area contributed by atoms with Gasteiger partial charge in [-0.3, -0.25) is 38.4 Å². The van der Waals surface area contributed by atoms with Crippen LogP contribution in [0.1, 0.15) is 96.4 Å². The van der Waals surface area contributed by atoms with Crippen LogP contribution in [-0.2, 0) is 102 Å². The molecule has 20 nitrogen and oxygen atoms in total. The lowest BCUT2D eigenvalue weighted by Gasteiger charge is -2.09. The summed E-state index contributed by atoms with van der Waals surface area (Å²) < 4.78 is 40.4. The molecule has 5 rings (SSSR count). The van der Waals surface area contributed by atoms with Gasteiger partial charge in [0, 0.05) is 47.8 Å². The summed E-state index contributed by atoms with van der Waals surface area (Å²) in [6, 6.07) is 6.57. The van der Waals surface area contributed by atoms with Crippen LogP contribution >= 0.6 is 0 Å².